The van der Waals surface area contributed by atoms with Crippen LogP contribution in [-0.4, -0.2) is 66.5 Å². The van der Waals surface area contributed by atoms with Gasteiger partial charge in [0.15, 0.2) is 14.1 Å². The Bertz CT molecular complexity index is 1240. The summed E-state index contributed by atoms with van der Waals surface area (Å²) in [6.07, 6.45) is 8.42. The van der Waals surface area contributed by atoms with Crippen molar-refractivity contribution in [2.45, 2.75) is 95.2 Å². The highest BCUT2D eigenvalue weighted by atomic mass is 28.4. The van der Waals surface area contributed by atoms with Crippen LogP contribution in [0.25, 0.3) is 0 Å². The van der Waals surface area contributed by atoms with Crippen molar-refractivity contribution in [2.24, 2.45) is 0 Å². The lowest BCUT2D eigenvalue weighted by molar-refractivity contribution is -0.122. The number of amides is 1. The monoisotopic (exact) mass is 537 g/mol. The molecule has 204 valence electrons. The Morgan fingerprint density at radius 3 is 2.47 bits per heavy atom. The molecular formula is C27H39N7O3Si. The van der Waals surface area contributed by atoms with Gasteiger partial charge in [0.2, 0.25) is 11.9 Å². The van der Waals surface area contributed by atoms with E-state index in [1.807, 2.05) is 7.05 Å². The van der Waals surface area contributed by atoms with Gasteiger partial charge in [-0.1, -0.05) is 33.6 Å². The van der Waals surface area contributed by atoms with Crippen LogP contribution in [0.4, 0.5) is 23.3 Å². The van der Waals surface area contributed by atoms with Crippen LogP contribution in [0.15, 0.2) is 12.4 Å². The largest absolute Gasteiger partial charge is 0.409 e. The van der Waals surface area contributed by atoms with Crippen molar-refractivity contribution in [1.82, 2.24) is 19.9 Å². The molecule has 1 spiro atoms. The topological polar surface area (TPSA) is 106 Å². The number of aromatic nitrogens is 4. The highest BCUT2D eigenvalue weighted by Gasteiger charge is 2.56. The smallest absolute Gasteiger partial charge is 0.243 e. The van der Waals surface area contributed by atoms with Crippen LogP contribution in [0.3, 0.4) is 0 Å². The Labute approximate surface area is 225 Å². The highest BCUT2D eigenvalue weighted by Crippen LogP contribution is 2.55. The number of carbonyl (C=O) groups excluding carboxylic acids is 1. The highest BCUT2D eigenvalue weighted by molar-refractivity contribution is 6.74. The van der Waals surface area contributed by atoms with Gasteiger partial charge in [-0.05, 0) is 37.4 Å². The first-order valence-electron chi connectivity index (χ1n) is 13.8. The second kappa shape index (κ2) is 8.95. The van der Waals surface area contributed by atoms with Gasteiger partial charge in [-0.15, -0.1) is 0 Å². The Morgan fingerprint density at radius 2 is 1.89 bits per heavy atom. The van der Waals surface area contributed by atoms with Gasteiger partial charge < -0.3 is 19.4 Å². The maximum Gasteiger partial charge on any atom is 0.243 e. The number of nitrogens with one attached hydrogen (secondary N) is 1. The fourth-order valence-corrected chi connectivity index (χ4v) is 7.05. The number of morpholine rings is 1. The summed E-state index contributed by atoms with van der Waals surface area (Å²) in [5.41, 5.74) is 0.925. The summed E-state index contributed by atoms with van der Waals surface area (Å²) in [6.45, 7) is 12.9. The SMILES string of the molecule is CNc1nc(CO[Si](C)(C)C(C)(C)C)nc2c1C1(CCCC1)C(=O)N2c1cnc(N2CC3CC2CO3)nc1. The number of carbonyl (C=O) groups is 1. The molecule has 11 heteroatoms. The molecule has 38 heavy (non-hydrogen) atoms. The average molecular weight is 538 g/mol. The molecular weight excluding hydrogens is 498 g/mol. The van der Waals surface area contributed by atoms with Crippen LogP contribution in [0, 0.1) is 0 Å². The maximum absolute atomic E-state index is 14.2. The minimum atomic E-state index is -2.01. The Balaban J connectivity index is 1.37. The van der Waals surface area contributed by atoms with Crippen molar-refractivity contribution in [3.8, 4) is 0 Å². The maximum atomic E-state index is 14.2. The lowest BCUT2D eigenvalue weighted by Gasteiger charge is -2.35. The van der Waals surface area contributed by atoms with Crippen LogP contribution in [0.2, 0.25) is 18.1 Å². The third-order valence-electron chi connectivity index (χ3n) is 9.34. The quantitative estimate of drug-likeness (QED) is 0.540. The Morgan fingerprint density at radius 1 is 1.18 bits per heavy atom. The van der Waals surface area contributed by atoms with E-state index in [1.165, 1.54) is 0 Å². The molecule has 4 aliphatic rings. The lowest BCUT2D eigenvalue weighted by Crippen LogP contribution is -2.40. The van der Waals surface area contributed by atoms with Crippen molar-refractivity contribution in [1.29, 1.82) is 0 Å². The standard InChI is InChI=1S/C27H39N7O3Si/c1-26(2,3)38(5,6)37-16-20-31-22(28-4)21-23(32-20)34(24(35)27(21)9-7-8-10-27)18-12-29-25(30-13-18)33-14-19-11-17(33)15-36-19/h12-13,17,19H,7-11,14-16H2,1-6H3,(H,28,31,32). The molecule has 1 saturated carbocycles. The predicted molar refractivity (Wildman–Crippen MR) is 148 cm³/mol. The van der Waals surface area contributed by atoms with Crippen LogP contribution in [0.1, 0.15) is 64.3 Å². The van der Waals surface area contributed by atoms with E-state index in [0.717, 1.165) is 50.8 Å². The molecule has 2 aromatic rings. The molecule has 3 fully saturated rings. The molecule has 6 rings (SSSR count). The van der Waals surface area contributed by atoms with Crippen molar-refractivity contribution < 1.29 is 14.0 Å². The summed E-state index contributed by atoms with van der Waals surface area (Å²) in [7, 11) is -0.144. The zero-order chi connectivity index (χ0) is 26.9. The van der Waals surface area contributed by atoms with Gasteiger partial charge >= 0.3 is 0 Å². The van der Waals surface area contributed by atoms with Gasteiger partial charge in [-0.2, -0.15) is 0 Å². The Kier molecular flexibility index (Phi) is 6.04. The van der Waals surface area contributed by atoms with Crippen LogP contribution >= 0.6 is 0 Å². The van der Waals surface area contributed by atoms with Crippen LogP contribution < -0.4 is 15.1 Å². The molecule has 2 bridgehead atoms. The molecule has 2 aromatic heterocycles. The molecule has 2 saturated heterocycles. The van der Waals surface area contributed by atoms with Gasteiger partial charge in [0.1, 0.15) is 11.6 Å². The number of rotatable bonds is 6. The van der Waals surface area contributed by atoms with Gasteiger partial charge in [-0.3, -0.25) is 9.69 Å². The van der Waals surface area contributed by atoms with Crippen molar-refractivity contribution in [2.75, 3.05) is 35.3 Å². The molecule has 2 atom stereocenters. The summed E-state index contributed by atoms with van der Waals surface area (Å²) in [6, 6.07) is 0.330. The summed E-state index contributed by atoms with van der Waals surface area (Å²) in [5, 5.41) is 3.35. The summed E-state index contributed by atoms with van der Waals surface area (Å²) < 4.78 is 12.2. The molecule has 0 radical (unpaired) electrons. The van der Waals surface area contributed by atoms with E-state index >= 15 is 0 Å². The van der Waals surface area contributed by atoms with E-state index in [4.69, 9.17) is 29.1 Å². The van der Waals surface area contributed by atoms with Gasteiger partial charge in [0, 0.05) is 13.6 Å². The summed E-state index contributed by atoms with van der Waals surface area (Å²) in [4.78, 5) is 37.4. The average Bonchev–Trinajstić information content (AvgIpc) is 3.68. The minimum absolute atomic E-state index is 0.0447. The molecule has 1 aliphatic carbocycles. The van der Waals surface area contributed by atoms with E-state index in [1.54, 1.807) is 17.3 Å². The second-order valence-electron chi connectivity index (χ2n) is 12.7. The van der Waals surface area contributed by atoms with Gasteiger partial charge in [0.25, 0.3) is 0 Å². The number of ether oxygens (including phenoxy) is 1. The number of hydrogen-bond acceptors (Lipinski definition) is 9. The van der Waals surface area contributed by atoms with Crippen molar-refractivity contribution >= 4 is 37.5 Å². The molecule has 10 nitrogen and oxygen atoms in total. The van der Waals surface area contributed by atoms with E-state index in [0.29, 0.717) is 41.7 Å². The van der Waals surface area contributed by atoms with E-state index in [2.05, 4.69) is 44.1 Å². The van der Waals surface area contributed by atoms with Crippen LogP contribution in [0.5, 0.6) is 0 Å². The first-order chi connectivity index (χ1) is 18.0. The number of nitrogens with zero attached hydrogens (tertiary/aromatic N) is 6. The van der Waals surface area contributed by atoms with E-state index < -0.39 is 13.7 Å². The van der Waals surface area contributed by atoms with E-state index in [-0.39, 0.29) is 17.0 Å². The third-order valence-corrected chi connectivity index (χ3v) is 13.8. The number of hydrogen-bond donors (Lipinski definition) is 1. The first kappa shape index (κ1) is 25.6. The normalized spacial score (nSPS) is 24.1. The van der Waals surface area contributed by atoms with Crippen LogP contribution in [-0.2, 0) is 26.0 Å². The zero-order valence-corrected chi connectivity index (χ0v) is 24.4. The molecule has 2 unspecified atom stereocenters. The minimum Gasteiger partial charge on any atom is -0.409 e. The molecule has 1 amide bonds. The summed E-state index contributed by atoms with van der Waals surface area (Å²) >= 11 is 0. The Hall–Kier alpha value is -2.63. The van der Waals surface area contributed by atoms with Gasteiger partial charge in [-0.25, -0.2) is 19.9 Å². The van der Waals surface area contributed by atoms with E-state index in [9.17, 15) is 4.79 Å². The number of fused-ring (bicyclic) bond motifs is 4. The third kappa shape index (κ3) is 3.93. The molecule has 1 N–H and O–H groups in total. The van der Waals surface area contributed by atoms with Gasteiger partial charge in [0.05, 0.1) is 54.4 Å². The van der Waals surface area contributed by atoms with Crippen molar-refractivity contribution in [3.05, 3.63) is 23.8 Å². The lowest BCUT2D eigenvalue weighted by atomic mass is 9.80. The first-order valence-corrected chi connectivity index (χ1v) is 16.7. The van der Waals surface area contributed by atoms with Crippen molar-refractivity contribution in [3.63, 3.8) is 0 Å². The predicted octanol–water partition coefficient (Wildman–Crippen LogP) is 4.30. The fraction of sp³-hybridized carbons (Fsp3) is 0.667. The second-order valence-corrected chi connectivity index (χ2v) is 17.5. The number of anilines is 4. The molecule has 3 aliphatic heterocycles. The summed E-state index contributed by atoms with van der Waals surface area (Å²) in [5.74, 6) is 2.66. The fourth-order valence-electron chi connectivity index (χ4n) is 6.13. The molecule has 0 aromatic carbocycles. The molecule has 5 heterocycles. The zero-order valence-electron chi connectivity index (χ0n) is 23.4.